The number of aliphatic hydroxyl groups excluding tert-OH is 1. The molecule has 2 heteroatoms. The Morgan fingerprint density at radius 1 is 1.18 bits per heavy atom. The first-order valence-corrected chi connectivity index (χ1v) is 11.6. The standard InChI is InChI=1S/C24H36O2.C2H6/c1-5-7-8-17-10-12-20-19-11-9-18(13-15-25)23(3,14-6-2)22(19)21(26)16-24(17,20)4;1-2/h6-8,13-15,17,19-22,26H,5,9-12,16H2,1-4H3;1-2H3/b8-7?,14-6-,18-13-;. The van der Waals surface area contributed by atoms with Gasteiger partial charge in [0.25, 0.3) is 0 Å². The molecule has 0 aromatic carbocycles. The predicted molar refractivity (Wildman–Crippen MR) is 119 cm³/mol. The molecule has 0 amide bonds. The number of rotatable bonds is 4. The van der Waals surface area contributed by atoms with Crippen molar-refractivity contribution >= 4 is 6.29 Å². The van der Waals surface area contributed by atoms with Crippen molar-refractivity contribution in [2.75, 3.05) is 0 Å². The Hall–Kier alpha value is -1.15. The summed E-state index contributed by atoms with van der Waals surface area (Å²) in [5.74, 6) is 2.06. The summed E-state index contributed by atoms with van der Waals surface area (Å²) in [6.45, 7) is 12.9. The average Bonchev–Trinajstić information content (AvgIpc) is 2.99. The summed E-state index contributed by atoms with van der Waals surface area (Å²) < 4.78 is 0. The second-order valence-electron chi connectivity index (χ2n) is 9.24. The van der Waals surface area contributed by atoms with Crippen LogP contribution in [0.2, 0.25) is 0 Å². The maximum atomic E-state index is 11.3. The zero-order valence-corrected chi connectivity index (χ0v) is 18.9. The molecule has 3 rings (SSSR count). The van der Waals surface area contributed by atoms with E-state index in [0.717, 1.165) is 32.0 Å². The molecule has 7 atom stereocenters. The van der Waals surface area contributed by atoms with Gasteiger partial charge in [0, 0.05) is 11.3 Å². The first-order chi connectivity index (χ1) is 13.4. The van der Waals surface area contributed by atoms with Gasteiger partial charge >= 0.3 is 0 Å². The summed E-state index contributed by atoms with van der Waals surface area (Å²) in [6, 6.07) is 0. The average molecular weight is 387 g/mol. The largest absolute Gasteiger partial charge is 0.393 e. The van der Waals surface area contributed by atoms with Gasteiger partial charge in [0.1, 0.15) is 6.29 Å². The fourth-order valence-electron chi connectivity index (χ4n) is 6.97. The lowest BCUT2D eigenvalue weighted by Crippen LogP contribution is -2.55. The third kappa shape index (κ3) is 3.82. The van der Waals surface area contributed by atoms with Gasteiger partial charge in [-0.25, -0.2) is 0 Å². The van der Waals surface area contributed by atoms with Crippen LogP contribution in [0.3, 0.4) is 0 Å². The topological polar surface area (TPSA) is 37.3 Å². The number of carbonyl (C=O) groups is 1. The van der Waals surface area contributed by atoms with Crippen LogP contribution in [0.15, 0.2) is 36.0 Å². The van der Waals surface area contributed by atoms with E-state index in [9.17, 15) is 9.90 Å². The van der Waals surface area contributed by atoms with Crippen LogP contribution in [0, 0.1) is 34.5 Å². The Balaban J connectivity index is 0.00000136. The molecule has 0 aromatic rings. The molecule has 3 fully saturated rings. The van der Waals surface area contributed by atoms with E-state index in [1.807, 2.05) is 20.8 Å². The highest BCUT2D eigenvalue weighted by atomic mass is 16.3. The molecule has 0 saturated heterocycles. The lowest BCUT2D eigenvalue weighted by atomic mass is 9.47. The minimum Gasteiger partial charge on any atom is -0.393 e. The number of hydrogen-bond donors (Lipinski definition) is 1. The van der Waals surface area contributed by atoms with Crippen LogP contribution in [-0.4, -0.2) is 17.5 Å². The van der Waals surface area contributed by atoms with Gasteiger partial charge in [0.05, 0.1) is 6.10 Å². The van der Waals surface area contributed by atoms with Crippen molar-refractivity contribution in [3.63, 3.8) is 0 Å². The Morgan fingerprint density at radius 3 is 2.50 bits per heavy atom. The Bertz CT molecular complexity index is 616. The van der Waals surface area contributed by atoms with Crippen molar-refractivity contribution in [2.24, 2.45) is 34.5 Å². The van der Waals surface area contributed by atoms with Crippen LogP contribution < -0.4 is 0 Å². The number of carbonyl (C=O) groups excluding carboxylic acids is 1. The van der Waals surface area contributed by atoms with Crippen molar-refractivity contribution in [3.8, 4) is 0 Å². The Morgan fingerprint density at radius 2 is 1.89 bits per heavy atom. The minimum absolute atomic E-state index is 0.198. The van der Waals surface area contributed by atoms with E-state index in [-0.39, 0.29) is 22.9 Å². The van der Waals surface area contributed by atoms with Gasteiger partial charge in [-0.15, -0.1) is 0 Å². The van der Waals surface area contributed by atoms with Crippen molar-refractivity contribution in [3.05, 3.63) is 36.0 Å². The molecule has 0 bridgehead atoms. The maximum absolute atomic E-state index is 11.3. The van der Waals surface area contributed by atoms with Crippen molar-refractivity contribution in [2.45, 2.75) is 86.2 Å². The summed E-state index contributed by atoms with van der Waals surface area (Å²) >= 11 is 0. The van der Waals surface area contributed by atoms with Crippen LogP contribution in [-0.2, 0) is 4.79 Å². The molecule has 0 spiro atoms. The SMILES string of the molecule is C/C=C\C1(C)/C(=C\C=O)CCC2C1C(O)CC1(C)C(C=CCC)CCC21.CC. The van der Waals surface area contributed by atoms with Crippen LogP contribution >= 0.6 is 0 Å². The van der Waals surface area contributed by atoms with Gasteiger partial charge < -0.3 is 5.11 Å². The summed E-state index contributed by atoms with van der Waals surface area (Å²) in [7, 11) is 0. The maximum Gasteiger partial charge on any atom is 0.142 e. The van der Waals surface area contributed by atoms with Crippen LogP contribution in [0.25, 0.3) is 0 Å². The molecule has 0 aromatic heterocycles. The van der Waals surface area contributed by atoms with Crippen molar-refractivity contribution in [1.82, 2.24) is 0 Å². The first-order valence-electron chi connectivity index (χ1n) is 11.6. The minimum atomic E-state index is -0.298. The molecule has 28 heavy (non-hydrogen) atoms. The van der Waals surface area contributed by atoms with E-state index in [1.165, 1.54) is 18.4 Å². The zero-order valence-electron chi connectivity index (χ0n) is 18.9. The van der Waals surface area contributed by atoms with Crippen LogP contribution in [0.1, 0.15) is 80.1 Å². The van der Waals surface area contributed by atoms with Crippen LogP contribution in [0.4, 0.5) is 0 Å². The smallest absolute Gasteiger partial charge is 0.142 e. The second-order valence-corrected chi connectivity index (χ2v) is 9.24. The molecule has 1 N–H and O–H groups in total. The van der Waals surface area contributed by atoms with Gasteiger partial charge in [-0.1, -0.05) is 64.5 Å². The van der Waals surface area contributed by atoms with Crippen molar-refractivity contribution in [1.29, 1.82) is 0 Å². The molecular weight excluding hydrogens is 344 g/mol. The third-order valence-corrected chi connectivity index (χ3v) is 8.04. The lowest BCUT2D eigenvalue weighted by Gasteiger charge is -2.58. The zero-order chi connectivity index (χ0) is 20.9. The van der Waals surface area contributed by atoms with E-state index >= 15 is 0 Å². The molecule has 0 radical (unpaired) electrons. The quantitative estimate of drug-likeness (QED) is 0.340. The Kier molecular flexibility index (Phi) is 7.90. The monoisotopic (exact) mass is 386 g/mol. The normalized spacial score (nSPS) is 44.2. The molecule has 3 aliphatic carbocycles. The highest BCUT2D eigenvalue weighted by Crippen LogP contribution is 2.65. The fraction of sp³-hybridized carbons (Fsp3) is 0.731. The van der Waals surface area contributed by atoms with Gasteiger partial charge in [-0.3, -0.25) is 4.79 Å². The first kappa shape index (κ1) is 23.1. The molecule has 158 valence electrons. The molecule has 2 nitrogen and oxygen atoms in total. The number of aldehydes is 1. The molecule has 3 saturated carbocycles. The molecule has 3 aliphatic rings. The number of aliphatic hydroxyl groups is 1. The third-order valence-electron chi connectivity index (χ3n) is 8.04. The van der Waals surface area contributed by atoms with Gasteiger partial charge in [-0.05, 0) is 74.7 Å². The number of fused-ring (bicyclic) bond motifs is 3. The predicted octanol–water partition coefficient (Wildman–Crippen LogP) is 6.51. The van der Waals surface area contributed by atoms with E-state index in [2.05, 4.69) is 45.1 Å². The summed E-state index contributed by atoms with van der Waals surface area (Å²) in [5.41, 5.74) is 1.22. The van der Waals surface area contributed by atoms with E-state index in [1.54, 1.807) is 6.08 Å². The molecule has 0 heterocycles. The van der Waals surface area contributed by atoms with Gasteiger partial charge in [0.2, 0.25) is 0 Å². The second kappa shape index (κ2) is 9.57. The fourth-order valence-corrected chi connectivity index (χ4v) is 6.97. The van der Waals surface area contributed by atoms with E-state index < -0.39 is 0 Å². The lowest BCUT2D eigenvalue weighted by molar-refractivity contribution is -0.111. The van der Waals surface area contributed by atoms with Gasteiger partial charge in [0.15, 0.2) is 0 Å². The van der Waals surface area contributed by atoms with E-state index in [0.29, 0.717) is 17.8 Å². The van der Waals surface area contributed by atoms with Crippen molar-refractivity contribution < 1.29 is 9.90 Å². The number of hydrogen-bond acceptors (Lipinski definition) is 2. The summed E-state index contributed by atoms with van der Waals surface area (Å²) in [4.78, 5) is 11.2. The molecule has 7 unspecified atom stereocenters. The highest BCUT2D eigenvalue weighted by Gasteiger charge is 2.60. The number of allylic oxidation sites excluding steroid dienone is 6. The molecular formula is C26H42O2. The summed E-state index contributed by atoms with van der Waals surface area (Å²) in [5, 5.41) is 11.3. The highest BCUT2D eigenvalue weighted by molar-refractivity contribution is 5.67. The van der Waals surface area contributed by atoms with E-state index in [4.69, 9.17) is 0 Å². The Labute approximate surface area is 173 Å². The van der Waals surface area contributed by atoms with Gasteiger partial charge in [-0.2, -0.15) is 0 Å². The molecule has 0 aliphatic heterocycles. The summed E-state index contributed by atoms with van der Waals surface area (Å²) in [6.07, 6.45) is 18.1. The van der Waals surface area contributed by atoms with Crippen LogP contribution in [0.5, 0.6) is 0 Å².